The molecule has 0 atom stereocenters. The molecule has 0 aliphatic carbocycles. The van der Waals surface area contributed by atoms with Gasteiger partial charge in [0.2, 0.25) is 0 Å². The Morgan fingerprint density at radius 3 is 2.44 bits per heavy atom. The average molecular weight is 260 g/mol. The Labute approximate surface area is 108 Å². The van der Waals surface area contributed by atoms with E-state index in [1.165, 1.54) is 0 Å². The van der Waals surface area contributed by atoms with Gasteiger partial charge in [0.05, 0.1) is 6.61 Å². The van der Waals surface area contributed by atoms with Crippen LogP contribution >= 0.6 is 0 Å². The van der Waals surface area contributed by atoms with E-state index < -0.39 is 11.5 Å². The van der Waals surface area contributed by atoms with Crippen LogP contribution in [0.3, 0.4) is 0 Å². The van der Waals surface area contributed by atoms with E-state index in [9.17, 15) is 9.59 Å². The van der Waals surface area contributed by atoms with Crippen molar-refractivity contribution >= 4 is 12.0 Å². The summed E-state index contributed by atoms with van der Waals surface area (Å²) in [5.41, 5.74) is -0.532. The Balaban J connectivity index is 4.28. The highest BCUT2D eigenvalue weighted by molar-refractivity contribution is 5.75. The van der Waals surface area contributed by atoms with Crippen molar-refractivity contribution in [1.82, 2.24) is 10.2 Å². The van der Waals surface area contributed by atoms with Crippen molar-refractivity contribution in [2.45, 2.75) is 39.2 Å². The molecule has 0 radical (unpaired) electrons. The van der Waals surface area contributed by atoms with Crippen molar-refractivity contribution in [3.05, 3.63) is 0 Å². The summed E-state index contributed by atoms with van der Waals surface area (Å²) in [6.45, 7) is 7.12. The number of amides is 2. The first-order chi connectivity index (χ1) is 8.32. The molecule has 0 fully saturated rings. The lowest BCUT2D eigenvalue weighted by atomic mass is 9.99. The number of carboxylic acid groups (broad SMARTS) is 1. The lowest BCUT2D eigenvalue weighted by Crippen LogP contribution is -2.50. The molecule has 0 aromatic rings. The predicted octanol–water partition coefficient (Wildman–Crippen LogP) is 1.31. The van der Waals surface area contributed by atoms with Crippen LogP contribution < -0.4 is 5.32 Å². The number of nitrogens with one attached hydrogen (secondary N) is 1. The van der Waals surface area contributed by atoms with Gasteiger partial charge in [-0.05, 0) is 27.2 Å². The molecule has 0 aromatic carbocycles. The van der Waals surface area contributed by atoms with Crippen LogP contribution in [0.5, 0.6) is 0 Å². The summed E-state index contributed by atoms with van der Waals surface area (Å²) >= 11 is 0. The van der Waals surface area contributed by atoms with Crippen molar-refractivity contribution in [2.24, 2.45) is 0 Å². The highest BCUT2D eigenvalue weighted by Crippen LogP contribution is 2.11. The minimum atomic E-state index is -0.857. The normalized spacial score (nSPS) is 11.1. The van der Waals surface area contributed by atoms with Gasteiger partial charge in [-0.3, -0.25) is 4.79 Å². The molecule has 6 heteroatoms. The lowest BCUT2D eigenvalue weighted by molar-refractivity contribution is -0.137. The number of urea groups is 1. The topological polar surface area (TPSA) is 78.9 Å². The van der Waals surface area contributed by atoms with Crippen molar-refractivity contribution in [1.29, 1.82) is 0 Å². The number of carbonyl (C=O) groups is 2. The van der Waals surface area contributed by atoms with E-state index in [-0.39, 0.29) is 12.5 Å². The second kappa shape index (κ2) is 7.92. The molecule has 0 spiro atoms. The Morgan fingerprint density at radius 1 is 1.39 bits per heavy atom. The van der Waals surface area contributed by atoms with Crippen LogP contribution in [0.2, 0.25) is 0 Å². The van der Waals surface area contributed by atoms with Crippen LogP contribution in [-0.4, -0.2) is 54.4 Å². The Kier molecular flexibility index (Phi) is 7.35. The average Bonchev–Trinajstić information content (AvgIpc) is 2.27. The van der Waals surface area contributed by atoms with E-state index in [1.54, 1.807) is 12.0 Å². The number of carboxylic acids is 1. The molecule has 6 nitrogen and oxygen atoms in total. The number of carbonyl (C=O) groups excluding carboxylic acids is 1. The van der Waals surface area contributed by atoms with E-state index in [0.717, 1.165) is 0 Å². The number of ether oxygens (including phenoxy) is 1. The highest BCUT2D eigenvalue weighted by Gasteiger charge is 2.23. The van der Waals surface area contributed by atoms with Crippen LogP contribution in [0.15, 0.2) is 0 Å². The number of rotatable bonds is 8. The fourth-order valence-electron chi connectivity index (χ4n) is 1.46. The molecule has 0 aliphatic heterocycles. The predicted molar refractivity (Wildman–Crippen MR) is 68.6 cm³/mol. The molecule has 0 rings (SSSR count). The van der Waals surface area contributed by atoms with E-state index in [1.807, 2.05) is 20.8 Å². The van der Waals surface area contributed by atoms with Gasteiger partial charge >= 0.3 is 12.0 Å². The first-order valence-corrected chi connectivity index (χ1v) is 6.10. The number of hydrogen-bond donors (Lipinski definition) is 2. The molecule has 0 heterocycles. The summed E-state index contributed by atoms with van der Waals surface area (Å²) in [7, 11) is 1.59. The van der Waals surface area contributed by atoms with Gasteiger partial charge in [0.1, 0.15) is 0 Å². The van der Waals surface area contributed by atoms with Gasteiger partial charge < -0.3 is 20.1 Å². The summed E-state index contributed by atoms with van der Waals surface area (Å²) in [5, 5.41) is 11.5. The summed E-state index contributed by atoms with van der Waals surface area (Å²) in [4.78, 5) is 24.1. The maximum atomic E-state index is 12.0. The van der Waals surface area contributed by atoms with Gasteiger partial charge in [-0.2, -0.15) is 0 Å². The largest absolute Gasteiger partial charge is 0.481 e. The molecule has 2 amide bonds. The number of hydrogen-bond acceptors (Lipinski definition) is 3. The van der Waals surface area contributed by atoms with Gasteiger partial charge in [-0.15, -0.1) is 0 Å². The van der Waals surface area contributed by atoms with Gasteiger partial charge in [0.25, 0.3) is 0 Å². The molecule has 0 aromatic heterocycles. The van der Waals surface area contributed by atoms with Crippen LogP contribution in [0.25, 0.3) is 0 Å². The summed E-state index contributed by atoms with van der Waals surface area (Å²) in [6.07, 6.45) is 0.438. The van der Waals surface area contributed by atoms with Crippen LogP contribution in [0.1, 0.15) is 33.6 Å². The summed E-state index contributed by atoms with van der Waals surface area (Å²) < 4.78 is 4.93. The highest BCUT2D eigenvalue weighted by atomic mass is 16.5. The third kappa shape index (κ3) is 7.11. The second-order valence-corrected chi connectivity index (χ2v) is 4.78. The van der Waals surface area contributed by atoms with Crippen molar-refractivity contribution in [3.63, 3.8) is 0 Å². The maximum Gasteiger partial charge on any atom is 0.317 e. The fourth-order valence-corrected chi connectivity index (χ4v) is 1.46. The van der Waals surface area contributed by atoms with Crippen molar-refractivity contribution in [2.75, 3.05) is 26.8 Å². The smallest absolute Gasteiger partial charge is 0.317 e. The van der Waals surface area contributed by atoms with Crippen molar-refractivity contribution < 1.29 is 19.4 Å². The van der Waals surface area contributed by atoms with E-state index in [4.69, 9.17) is 9.84 Å². The van der Waals surface area contributed by atoms with E-state index in [2.05, 4.69) is 5.32 Å². The minimum absolute atomic E-state index is 0.0392. The Hall–Kier alpha value is -1.30. The Morgan fingerprint density at radius 2 is 2.00 bits per heavy atom. The number of likely N-dealkylation sites (N-methyl/N-ethyl adjacent to an activating group) is 1. The third-order valence-corrected chi connectivity index (χ3v) is 2.64. The minimum Gasteiger partial charge on any atom is -0.481 e. The lowest BCUT2D eigenvalue weighted by Gasteiger charge is -2.30. The van der Waals surface area contributed by atoms with Crippen LogP contribution in [-0.2, 0) is 9.53 Å². The zero-order valence-corrected chi connectivity index (χ0v) is 11.7. The van der Waals surface area contributed by atoms with Gasteiger partial charge in [-0.25, -0.2) is 4.79 Å². The standard InChI is InChI=1S/C12H24N2O4/c1-5-14(8-9-18-4)11(17)13-12(2,3)7-6-10(15)16/h5-9H2,1-4H3,(H,13,17)(H,15,16). The maximum absolute atomic E-state index is 12.0. The summed E-state index contributed by atoms with van der Waals surface area (Å²) in [5.74, 6) is -0.857. The molecule has 0 bridgehead atoms. The second-order valence-electron chi connectivity index (χ2n) is 4.78. The third-order valence-electron chi connectivity index (χ3n) is 2.64. The molecule has 0 saturated heterocycles. The number of aliphatic carboxylic acids is 1. The fraction of sp³-hybridized carbons (Fsp3) is 0.833. The van der Waals surface area contributed by atoms with E-state index in [0.29, 0.717) is 26.1 Å². The molecule has 0 unspecified atom stereocenters. The zero-order valence-electron chi connectivity index (χ0n) is 11.7. The zero-order chi connectivity index (χ0) is 14.2. The van der Waals surface area contributed by atoms with E-state index >= 15 is 0 Å². The molecule has 0 saturated carbocycles. The monoisotopic (exact) mass is 260 g/mol. The molecule has 0 aliphatic rings. The van der Waals surface area contributed by atoms with Gasteiger partial charge in [-0.1, -0.05) is 0 Å². The summed E-state index contributed by atoms with van der Waals surface area (Å²) in [6, 6.07) is -0.190. The van der Waals surface area contributed by atoms with Crippen molar-refractivity contribution in [3.8, 4) is 0 Å². The number of nitrogens with zero attached hydrogens (tertiary/aromatic N) is 1. The van der Waals surface area contributed by atoms with Crippen LogP contribution in [0, 0.1) is 0 Å². The SMILES string of the molecule is CCN(CCOC)C(=O)NC(C)(C)CCC(=O)O. The quantitative estimate of drug-likeness (QED) is 0.689. The molecule has 106 valence electrons. The van der Waals surface area contributed by atoms with Gasteiger partial charge in [0, 0.05) is 32.2 Å². The Bertz CT molecular complexity index is 279. The molecule has 2 N–H and O–H groups in total. The van der Waals surface area contributed by atoms with Crippen LogP contribution in [0.4, 0.5) is 4.79 Å². The molecular weight excluding hydrogens is 236 g/mol. The first-order valence-electron chi connectivity index (χ1n) is 6.10. The molecular formula is C12H24N2O4. The number of methoxy groups -OCH3 is 1. The van der Waals surface area contributed by atoms with Gasteiger partial charge in [0.15, 0.2) is 0 Å². The molecule has 18 heavy (non-hydrogen) atoms. The first kappa shape index (κ1) is 16.7.